The van der Waals surface area contributed by atoms with Gasteiger partial charge in [-0.15, -0.1) is 11.3 Å². The summed E-state index contributed by atoms with van der Waals surface area (Å²) in [7, 11) is 0. The lowest BCUT2D eigenvalue weighted by atomic mass is 10.3. The number of aromatic carboxylic acids is 1. The largest absolute Gasteiger partial charge is 0.476 e. The summed E-state index contributed by atoms with van der Waals surface area (Å²) in [5.74, 6) is -1.03. The van der Waals surface area contributed by atoms with Crippen molar-refractivity contribution >= 4 is 22.8 Å². The standard InChI is InChI=1S/C11H7N3O2S/c15-11(16)8-4-7-2-1-3-10(14(7)13-8)9-5-17-6-12-9/h1-6H,(H,15,16). The second-order valence-electron chi connectivity index (χ2n) is 3.46. The first-order valence-corrected chi connectivity index (χ1v) is 5.80. The smallest absolute Gasteiger partial charge is 0.356 e. The van der Waals surface area contributed by atoms with Crippen LogP contribution in [0.4, 0.5) is 0 Å². The lowest BCUT2D eigenvalue weighted by Gasteiger charge is -2.00. The summed E-state index contributed by atoms with van der Waals surface area (Å²) in [6, 6.07) is 7.07. The van der Waals surface area contributed by atoms with E-state index in [1.807, 2.05) is 23.6 Å². The zero-order chi connectivity index (χ0) is 11.8. The molecule has 5 nitrogen and oxygen atoms in total. The number of hydrogen-bond donors (Lipinski definition) is 1. The van der Waals surface area contributed by atoms with Crippen molar-refractivity contribution in [1.82, 2.24) is 14.6 Å². The van der Waals surface area contributed by atoms with Gasteiger partial charge in [0.05, 0.1) is 22.4 Å². The van der Waals surface area contributed by atoms with Gasteiger partial charge < -0.3 is 5.11 Å². The average molecular weight is 245 g/mol. The van der Waals surface area contributed by atoms with E-state index in [4.69, 9.17) is 5.11 Å². The summed E-state index contributed by atoms with van der Waals surface area (Å²) in [5.41, 5.74) is 4.09. The van der Waals surface area contributed by atoms with E-state index in [9.17, 15) is 4.79 Å². The topological polar surface area (TPSA) is 67.5 Å². The molecule has 17 heavy (non-hydrogen) atoms. The molecule has 0 aliphatic carbocycles. The van der Waals surface area contributed by atoms with Crippen LogP contribution in [0.25, 0.3) is 16.9 Å². The molecule has 84 valence electrons. The van der Waals surface area contributed by atoms with Crippen LogP contribution < -0.4 is 0 Å². The zero-order valence-corrected chi connectivity index (χ0v) is 9.39. The van der Waals surface area contributed by atoms with E-state index in [1.54, 1.807) is 10.0 Å². The Kier molecular flexibility index (Phi) is 2.15. The molecule has 0 amide bonds. The van der Waals surface area contributed by atoms with Crippen molar-refractivity contribution < 1.29 is 9.90 Å². The third-order valence-corrected chi connectivity index (χ3v) is 2.99. The maximum atomic E-state index is 10.9. The number of carboxylic acids is 1. The maximum absolute atomic E-state index is 10.9. The van der Waals surface area contributed by atoms with E-state index in [2.05, 4.69) is 10.1 Å². The summed E-state index contributed by atoms with van der Waals surface area (Å²) in [4.78, 5) is 15.1. The van der Waals surface area contributed by atoms with Gasteiger partial charge in [0.1, 0.15) is 0 Å². The van der Waals surface area contributed by atoms with Gasteiger partial charge in [0.2, 0.25) is 0 Å². The molecule has 0 aromatic carbocycles. The molecule has 0 spiro atoms. The molecular formula is C11H7N3O2S. The number of rotatable bonds is 2. The predicted molar refractivity (Wildman–Crippen MR) is 63.3 cm³/mol. The van der Waals surface area contributed by atoms with Crippen LogP contribution in [0.5, 0.6) is 0 Å². The van der Waals surface area contributed by atoms with Crippen molar-refractivity contribution in [1.29, 1.82) is 0 Å². The SMILES string of the molecule is O=C(O)c1cc2cccc(-c3cscn3)n2n1. The van der Waals surface area contributed by atoms with Gasteiger partial charge in [-0.05, 0) is 18.2 Å². The van der Waals surface area contributed by atoms with Crippen molar-refractivity contribution in [3.63, 3.8) is 0 Å². The number of thiazole rings is 1. The second kappa shape index (κ2) is 3.67. The Labute approximate surface area is 100.0 Å². The fraction of sp³-hybridized carbons (Fsp3) is 0. The molecule has 3 aromatic rings. The molecule has 0 radical (unpaired) electrons. The van der Waals surface area contributed by atoms with Gasteiger partial charge in [0.25, 0.3) is 0 Å². The van der Waals surface area contributed by atoms with E-state index in [-0.39, 0.29) is 5.69 Å². The molecule has 3 rings (SSSR count). The van der Waals surface area contributed by atoms with E-state index in [1.165, 1.54) is 17.4 Å². The normalized spacial score (nSPS) is 10.8. The Morgan fingerprint density at radius 3 is 3.00 bits per heavy atom. The number of fused-ring (bicyclic) bond motifs is 1. The minimum Gasteiger partial charge on any atom is -0.476 e. The minimum absolute atomic E-state index is 0.0349. The molecule has 0 unspecified atom stereocenters. The van der Waals surface area contributed by atoms with Crippen molar-refractivity contribution in [3.05, 3.63) is 40.8 Å². The Hall–Kier alpha value is -2.21. The summed E-state index contributed by atoms with van der Waals surface area (Å²) in [6.45, 7) is 0. The third-order valence-electron chi connectivity index (χ3n) is 2.40. The van der Waals surface area contributed by atoms with Gasteiger partial charge in [-0.25, -0.2) is 14.3 Å². The summed E-state index contributed by atoms with van der Waals surface area (Å²) >= 11 is 1.49. The molecule has 0 saturated heterocycles. The molecule has 0 atom stereocenters. The quantitative estimate of drug-likeness (QED) is 0.751. The van der Waals surface area contributed by atoms with E-state index in [0.29, 0.717) is 0 Å². The van der Waals surface area contributed by atoms with Gasteiger partial charge >= 0.3 is 5.97 Å². The average Bonchev–Trinajstić information content (AvgIpc) is 2.97. The first kappa shape index (κ1) is 9.98. The molecule has 0 saturated carbocycles. The van der Waals surface area contributed by atoms with Gasteiger partial charge in [-0.3, -0.25) is 0 Å². The van der Waals surface area contributed by atoms with Crippen LogP contribution in [-0.2, 0) is 0 Å². The Morgan fingerprint density at radius 2 is 2.29 bits per heavy atom. The van der Waals surface area contributed by atoms with E-state index in [0.717, 1.165) is 16.9 Å². The van der Waals surface area contributed by atoms with Crippen molar-refractivity contribution in [3.8, 4) is 11.4 Å². The predicted octanol–water partition coefficient (Wildman–Crippen LogP) is 2.16. The van der Waals surface area contributed by atoms with E-state index >= 15 is 0 Å². The number of hydrogen-bond acceptors (Lipinski definition) is 4. The van der Waals surface area contributed by atoms with Gasteiger partial charge in [0, 0.05) is 5.38 Å². The van der Waals surface area contributed by atoms with E-state index < -0.39 is 5.97 Å². The molecule has 0 aliphatic heterocycles. The van der Waals surface area contributed by atoms with Gasteiger partial charge in [-0.1, -0.05) is 6.07 Å². The molecule has 0 aliphatic rings. The summed E-state index contributed by atoms with van der Waals surface area (Å²) < 4.78 is 1.60. The highest BCUT2D eigenvalue weighted by Gasteiger charge is 2.12. The molecule has 6 heteroatoms. The van der Waals surface area contributed by atoms with Crippen LogP contribution in [0.15, 0.2) is 35.2 Å². The Bertz CT molecular complexity index is 688. The fourth-order valence-electron chi connectivity index (χ4n) is 1.65. The van der Waals surface area contributed by atoms with Crippen LogP contribution in [0.3, 0.4) is 0 Å². The van der Waals surface area contributed by atoms with Crippen LogP contribution >= 0.6 is 11.3 Å². The number of aromatic nitrogens is 3. The van der Waals surface area contributed by atoms with Gasteiger partial charge in [-0.2, -0.15) is 5.10 Å². The van der Waals surface area contributed by atoms with Crippen molar-refractivity contribution in [2.24, 2.45) is 0 Å². The molecular weight excluding hydrogens is 238 g/mol. The third kappa shape index (κ3) is 1.58. The van der Waals surface area contributed by atoms with Crippen LogP contribution in [0.2, 0.25) is 0 Å². The highest BCUT2D eigenvalue weighted by molar-refractivity contribution is 7.07. The van der Waals surface area contributed by atoms with Crippen LogP contribution in [0, 0.1) is 0 Å². The molecule has 0 fully saturated rings. The number of nitrogens with zero attached hydrogens (tertiary/aromatic N) is 3. The first-order valence-electron chi connectivity index (χ1n) is 4.86. The van der Waals surface area contributed by atoms with Crippen molar-refractivity contribution in [2.45, 2.75) is 0 Å². The molecule has 1 N–H and O–H groups in total. The first-order chi connectivity index (χ1) is 8.25. The monoisotopic (exact) mass is 245 g/mol. The number of carbonyl (C=O) groups is 1. The lowest BCUT2D eigenvalue weighted by molar-refractivity contribution is 0.0690. The molecule has 0 bridgehead atoms. The molecule has 3 aromatic heterocycles. The van der Waals surface area contributed by atoms with Gasteiger partial charge in [0.15, 0.2) is 5.69 Å². The summed E-state index contributed by atoms with van der Waals surface area (Å²) in [5, 5.41) is 14.9. The van der Waals surface area contributed by atoms with Crippen LogP contribution in [-0.4, -0.2) is 25.7 Å². The fourth-order valence-corrected chi connectivity index (χ4v) is 2.20. The molecule has 3 heterocycles. The Morgan fingerprint density at radius 1 is 1.41 bits per heavy atom. The number of carboxylic acid groups (broad SMARTS) is 1. The summed E-state index contributed by atoms with van der Waals surface area (Å²) in [6.07, 6.45) is 0. The maximum Gasteiger partial charge on any atom is 0.356 e. The lowest BCUT2D eigenvalue weighted by Crippen LogP contribution is -1.99. The minimum atomic E-state index is -1.03. The highest BCUT2D eigenvalue weighted by atomic mass is 32.1. The Balaban J connectivity index is 2.29. The highest BCUT2D eigenvalue weighted by Crippen LogP contribution is 2.20. The van der Waals surface area contributed by atoms with Crippen LogP contribution in [0.1, 0.15) is 10.5 Å². The van der Waals surface area contributed by atoms with Crippen molar-refractivity contribution in [2.75, 3.05) is 0 Å². The second-order valence-corrected chi connectivity index (χ2v) is 4.17. The number of pyridine rings is 1. The zero-order valence-electron chi connectivity index (χ0n) is 8.57.